The summed E-state index contributed by atoms with van der Waals surface area (Å²) in [6.45, 7) is 28.1. The number of carbonyl (C=O) groups is 14. The first kappa shape index (κ1) is 91.8. The second-order valence-electron chi connectivity index (χ2n) is 31.6. The van der Waals surface area contributed by atoms with Gasteiger partial charge in [0.1, 0.15) is 76.9 Å². The Bertz CT molecular complexity index is 3370. The zero-order valence-electron chi connectivity index (χ0n) is 65.3. The number of ether oxygens (including phenoxy) is 7. The van der Waals surface area contributed by atoms with Crippen molar-refractivity contribution in [3.63, 3.8) is 0 Å². The van der Waals surface area contributed by atoms with Gasteiger partial charge in [0, 0.05) is 38.4 Å². The summed E-state index contributed by atoms with van der Waals surface area (Å²) in [5.74, 6) is -9.98. The number of esters is 6. The standard InChI is InChI=1S/C76H118N10O21/c1-18-39-102-71(100)79-38-24-21-27-52(81-59(88)43-57(69(98)107-76(14,15)16)83-60(89)44-56(68(97)106-75(11,12)13)82-58(87)42-51(77)65(94)104-73(5,6)7)63(92)80-45-46-29-33-49(34-30-46)62(91)84-55(41-47-31-32-48-25-19-20-26-50(48)40-47)64(93)78-37-23-22-28-53(66(95)101-17)85-70(99)86-54(67(96)105-74(8,9)10)35-36-61(90)103-72(2,3)4/h18-20,25-26,31-32,40,46,49,51-57H,1,21-24,27-30,33-39,41-45,77H2,2-17H3,(H,78,93)(H,79,100)(H,80,92)(H,81,88)(H,82,87)(H,83,89)(H,84,91)(H2,85,86,99)/t46?,49?,51?,52?,53?,54-,55-,56?,57?/m0/s1. The Morgan fingerprint density at radius 2 is 0.944 bits per heavy atom. The molecule has 31 nitrogen and oxygen atoms in total. The molecule has 0 aromatic heterocycles. The van der Waals surface area contributed by atoms with Crippen molar-refractivity contribution in [1.82, 2.24) is 47.9 Å². The number of nitrogens with one attached hydrogen (secondary N) is 9. The van der Waals surface area contributed by atoms with Crippen molar-refractivity contribution < 1.29 is 100 Å². The Balaban J connectivity index is 1.76. The van der Waals surface area contributed by atoms with Crippen LogP contribution in [0, 0.1) is 11.8 Å². The Labute approximate surface area is 628 Å². The minimum Gasteiger partial charge on any atom is -0.467 e. The van der Waals surface area contributed by atoms with Crippen LogP contribution in [-0.4, -0.2) is 187 Å². The summed E-state index contributed by atoms with van der Waals surface area (Å²) in [7, 11) is 1.16. The lowest BCUT2D eigenvalue weighted by Crippen LogP contribution is -2.53. The molecule has 1 aliphatic carbocycles. The summed E-state index contributed by atoms with van der Waals surface area (Å²) in [4.78, 5) is 188. The van der Waals surface area contributed by atoms with Crippen molar-refractivity contribution in [2.24, 2.45) is 17.6 Å². The Morgan fingerprint density at radius 3 is 1.46 bits per heavy atom. The molecule has 0 radical (unpaired) electrons. The second kappa shape index (κ2) is 43.4. The molecule has 31 heteroatoms. The highest BCUT2D eigenvalue weighted by molar-refractivity contribution is 5.95. The van der Waals surface area contributed by atoms with E-state index in [2.05, 4.69) is 54.4 Å². The first-order valence-electron chi connectivity index (χ1n) is 36.5. The molecule has 2 aromatic rings. The van der Waals surface area contributed by atoms with E-state index >= 15 is 0 Å². The molecule has 11 N–H and O–H groups in total. The molecule has 0 bridgehead atoms. The van der Waals surface area contributed by atoms with Crippen LogP contribution in [0.4, 0.5) is 9.59 Å². The number of rotatable bonds is 39. The maximum atomic E-state index is 14.2. The number of carbonyl (C=O) groups excluding carboxylic acids is 14. The van der Waals surface area contributed by atoms with Crippen molar-refractivity contribution in [1.29, 1.82) is 0 Å². The molecule has 9 amide bonds. The number of alkyl carbamates (subject to hydrolysis) is 1. The molecule has 0 saturated heterocycles. The monoisotopic (exact) mass is 1510 g/mol. The van der Waals surface area contributed by atoms with Gasteiger partial charge in [0.05, 0.1) is 26.4 Å². The molecule has 7 atom stereocenters. The molecule has 598 valence electrons. The van der Waals surface area contributed by atoms with Gasteiger partial charge in [-0.25, -0.2) is 28.8 Å². The lowest BCUT2D eigenvalue weighted by atomic mass is 9.81. The van der Waals surface area contributed by atoms with Crippen LogP contribution in [0.25, 0.3) is 10.8 Å². The lowest BCUT2D eigenvalue weighted by molar-refractivity contribution is -0.161. The smallest absolute Gasteiger partial charge is 0.407 e. The predicted octanol–water partition coefficient (Wildman–Crippen LogP) is 5.81. The number of benzene rings is 2. The zero-order chi connectivity index (χ0) is 80.6. The zero-order valence-corrected chi connectivity index (χ0v) is 65.3. The van der Waals surface area contributed by atoms with Gasteiger partial charge in [-0.15, -0.1) is 0 Å². The second-order valence-corrected chi connectivity index (χ2v) is 31.6. The molecule has 107 heavy (non-hydrogen) atoms. The molecule has 5 unspecified atom stereocenters. The van der Waals surface area contributed by atoms with E-state index in [1.807, 2.05) is 42.5 Å². The molecule has 1 saturated carbocycles. The summed E-state index contributed by atoms with van der Waals surface area (Å²) < 4.78 is 37.2. The van der Waals surface area contributed by atoms with E-state index in [1.54, 1.807) is 104 Å². The van der Waals surface area contributed by atoms with Crippen LogP contribution in [-0.2, 0) is 97.1 Å². The summed E-state index contributed by atoms with van der Waals surface area (Å²) >= 11 is 0. The summed E-state index contributed by atoms with van der Waals surface area (Å²) in [6, 6.07) is 3.05. The highest BCUT2D eigenvalue weighted by Crippen LogP contribution is 2.29. The number of hydrogen-bond donors (Lipinski definition) is 10. The molecule has 1 fully saturated rings. The topological polar surface area (TPSA) is 438 Å². The minimum atomic E-state index is -1.71. The normalized spacial score (nSPS) is 15.9. The summed E-state index contributed by atoms with van der Waals surface area (Å²) in [5.41, 5.74) is 1.87. The molecule has 0 heterocycles. The minimum absolute atomic E-state index is 0.0225. The average Bonchev–Trinajstić information content (AvgIpc) is 0.837. The van der Waals surface area contributed by atoms with Gasteiger partial charge in [-0.3, -0.25) is 38.4 Å². The lowest BCUT2D eigenvalue weighted by Gasteiger charge is -2.30. The summed E-state index contributed by atoms with van der Waals surface area (Å²) in [5, 5.41) is 25.9. The third kappa shape index (κ3) is 38.6. The fraction of sp³-hybridized carbons (Fsp3) is 0.658. The number of amides is 9. The molecule has 2 aromatic carbocycles. The number of nitrogens with two attached hydrogens (primary N) is 1. The number of fused-ring (bicyclic) bond motifs is 1. The van der Waals surface area contributed by atoms with Gasteiger partial charge < -0.3 is 86.7 Å². The van der Waals surface area contributed by atoms with Crippen LogP contribution in [0.5, 0.6) is 0 Å². The molecular weight excluding hydrogens is 1390 g/mol. The fourth-order valence-electron chi connectivity index (χ4n) is 11.0. The Hall–Kier alpha value is -9.42. The van der Waals surface area contributed by atoms with Gasteiger partial charge in [-0.2, -0.15) is 0 Å². The van der Waals surface area contributed by atoms with Gasteiger partial charge in [-0.1, -0.05) is 55.1 Å². The van der Waals surface area contributed by atoms with Crippen molar-refractivity contribution >= 4 is 94.2 Å². The first-order chi connectivity index (χ1) is 49.7. The number of urea groups is 1. The van der Waals surface area contributed by atoms with Crippen LogP contribution < -0.4 is 53.6 Å². The van der Waals surface area contributed by atoms with Gasteiger partial charge in [0.15, 0.2) is 0 Å². The van der Waals surface area contributed by atoms with Gasteiger partial charge >= 0.3 is 47.9 Å². The van der Waals surface area contributed by atoms with E-state index in [1.165, 1.54) is 6.08 Å². The fourth-order valence-corrected chi connectivity index (χ4v) is 11.0. The summed E-state index contributed by atoms with van der Waals surface area (Å²) in [6.07, 6.45) is 1.36. The maximum Gasteiger partial charge on any atom is 0.407 e. The van der Waals surface area contributed by atoms with Gasteiger partial charge in [0.2, 0.25) is 35.4 Å². The highest BCUT2D eigenvalue weighted by Gasteiger charge is 2.37. The third-order valence-corrected chi connectivity index (χ3v) is 15.9. The van der Waals surface area contributed by atoms with Gasteiger partial charge in [0.25, 0.3) is 0 Å². The first-order valence-corrected chi connectivity index (χ1v) is 36.5. The number of unbranched alkanes of at least 4 members (excludes halogenated alkanes) is 2. The van der Waals surface area contributed by atoms with E-state index < -0.39 is 173 Å². The van der Waals surface area contributed by atoms with Crippen LogP contribution in [0.2, 0.25) is 0 Å². The molecular formula is C76H118N10O21. The maximum absolute atomic E-state index is 14.2. The van der Waals surface area contributed by atoms with Crippen LogP contribution in [0.1, 0.15) is 206 Å². The number of hydrogen-bond acceptors (Lipinski definition) is 22. The predicted molar refractivity (Wildman–Crippen MR) is 396 cm³/mol. The average molecular weight is 1510 g/mol. The van der Waals surface area contributed by atoms with Crippen molar-refractivity contribution in [2.45, 2.75) is 277 Å². The Morgan fingerprint density at radius 1 is 0.486 bits per heavy atom. The van der Waals surface area contributed by atoms with E-state index in [-0.39, 0.29) is 76.6 Å². The van der Waals surface area contributed by atoms with E-state index in [0.29, 0.717) is 44.9 Å². The molecule has 3 rings (SSSR count). The van der Waals surface area contributed by atoms with Crippen LogP contribution >= 0.6 is 0 Å². The Kier molecular flexibility index (Phi) is 37.2. The van der Waals surface area contributed by atoms with Crippen LogP contribution in [0.15, 0.2) is 55.1 Å². The quantitative estimate of drug-likeness (QED) is 0.0163. The van der Waals surface area contributed by atoms with Crippen molar-refractivity contribution in [3.05, 3.63) is 60.7 Å². The third-order valence-electron chi connectivity index (χ3n) is 15.9. The molecule has 1 aliphatic rings. The van der Waals surface area contributed by atoms with E-state index in [4.69, 9.17) is 38.9 Å². The van der Waals surface area contributed by atoms with E-state index in [0.717, 1.165) is 23.4 Å². The van der Waals surface area contributed by atoms with Crippen LogP contribution in [0.3, 0.4) is 0 Å². The van der Waals surface area contributed by atoms with Crippen molar-refractivity contribution in [3.8, 4) is 0 Å². The van der Waals surface area contributed by atoms with E-state index in [9.17, 15) is 67.1 Å². The molecule has 0 spiro atoms. The highest BCUT2D eigenvalue weighted by atomic mass is 16.6. The van der Waals surface area contributed by atoms with Crippen molar-refractivity contribution in [2.75, 3.05) is 33.4 Å². The van der Waals surface area contributed by atoms with Gasteiger partial charge in [-0.05, 0) is 197 Å². The number of methoxy groups -OCH3 is 1. The molecule has 0 aliphatic heterocycles. The largest absolute Gasteiger partial charge is 0.467 e. The SMILES string of the molecule is C=CCOC(=O)NCCCCC(NC(=O)CC(NC(=O)CC(NC(=O)CC(N)C(=O)OC(C)(C)C)C(=O)OC(C)(C)C)C(=O)OC(C)(C)C)C(=O)NCC1CCC(C(=O)N[C@@H](Cc2ccc3ccccc3c2)C(=O)NCCCCC(NC(=O)N[C@@H](CCC(=O)OC(C)(C)C)C(=O)OC(C)(C)C)C(=O)OC)CC1.